The molecule has 2 aromatic carbocycles. The van der Waals surface area contributed by atoms with Gasteiger partial charge in [0.15, 0.2) is 5.13 Å². The second kappa shape index (κ2) is 6.46. The van der Waals surface area contributed by atoms with E-state index in [-0.39, 0.29) is 11.7 Å². The number of anilines is 1. The monoisotopic (exact) mass is 332 g/mol. The highest BCUT2D eigenvalue weighted by atomic mass is 32.2. The van der Waals surface area contributed by atoms with E-state index in [1.54, 1.807) is 30.0 Å². The zero-order chi connectivity index (χ0) is 15.5. The first kappa shape index (κ1) is 15.0. The number of carbonyl (C=O) groups excluding carboxylic acids is 1. The molecule has 0 spiro atoms. The molecule has 0 bridgehead atoms. The molecule has 0 aliphatic heterocycles. The van der Waals surface area contributed by atoms with E-state index >= 15 is 0 Å². The highest BCUT2D eigenvalue weighted by molar-refractivity contribution is 7.99. The quantitative estimate of drug-likeness (QED) is 0.698. The summed E-state index contributed by atoms with van der Waals surface area (Å²) in [6, 6.07) is 12.2. The largest absolute Gasteiger partial charge is 0.298 e. The highest BCUT2D eigenvalue weighted by Crippen LogP contribution is 2.29. The number of nitrogens with one attached hydrogen (secondary N) is 1. The van der Waals surface area contributed by atoms with Crippen LogP contribution in [0.1, 0.15) is 17.3 Å². The molecule has 0 radical (unpaired) electrons. The second-order valence-corrected chi connectivity index (χ2v) is 6.83. The van der Waals surface area contributed by atoms with Gasteiger partial charge in [0.2, 0.25) is 0 Å². The summed E-state index contributed by atoms with van der Waals surface area (Å²) < 4.78 is 14.4. The van der Waals surface area contributed by atoms with Crippen molar-refractivity contribution in [2.24, 2.45) is 0 Å². The molecule has 0 aliphatic carbocycles. The summed E-state index contributed by atoms with van der Waals surface area (Å²) in [6.45, 7) is 2.04. The van der Waals surface area contributed by atoms with Gasteiger partial charge in [-0.25, -0.2) is 9.37 Å². The molecule has 1 N–H and O–H groups in total. The maximum absolute atomic E-state index is 13.7. The first-order valence-electron chi connectivity index (χ1n) is 6.77. The molecule has 1 aromatic heterocycles. The highest BCUT2D eigenvalue weighted by Gasteiger charge is 2.14. The molecular formula is C16H13FN2OS2. The van der Waals surface area contributed by atoms with Crippen molar-refractivity contribution in [3.05, 3.63) is 53.8 Å². The number of rotatable bonds is 4. The van der Waals surface area contributed by atoms with Crippen LogP contribution in [-0.4, -0.2) is 16.6 Å². The van der Waals surface area contributed by atoms with E-state index in [1.165, 1.54) is 17.4 Å². The number of para-hydroxylation sites is 1. The molecule has 0 atom stereocenters. The fraction of sp³-hybridized carbons (Fsp3) is 0.125. The van der Waals surface area contributed by atoms with Crippen LogP contribution in [0.15, 0.2) is 47.4 Å². The lowest BCUT2D eigenvalue weighted by Crippen LogP contribution is -2.12. The molecule has 0 saturated carbocycles. The maximum Gasteiger partial charge on any atom is 0.258 e. The van der Waals surface area contributed by atoms with E-state index in [4.69, 9.17) is 0 Å². The molecule has 0 fully saturated rings. The summed E-state index contributed by atoms with van der Waals surface area (Å²) in [4.78, 5) is 17.5. The minimum Gasteiger partial charge on any atom is -0.298 e. The Morgan fingerprint density at radius 3 is 2.86 bits per heavy atom. The average molecular weight is 332 g/mol. The van der Waals surface area contributed by atoms with Crippen molar-refractivity contribution in [2.45, 2.75) is 11.8 Å². The molecule has 112 valence electrons. The lowest BCUT2D eigenvalue weighted by Gasteiger charge is -2.07. The first-order chi connectivity index (χ1) is 10.7. The van der Waals surface area contributed by atoms with Gasteiger partial charge in [0.05, 0.1) is 10.3 Å². The van der Waals surface area contributed by atoms with E-state index in [0.29, 0.717) is 20.9 Å². The molecular weight excluding hydrogens is 319 g/mol. The lowest BCUT2D eigenvalue weighted by atomic mass is 10.2. The van der Waals surface area contributed by atoms with Gasteiger partial charge in [-0.3, -0.25) is 10.1 Å². The number of carbonyl (C=O) groups is 1. The van der Waals surface area contributed by atoms with Crippen LogP contribution >= 0.6 is 23.1 Å². The van der Waals surface area contributed by atoms with E-state index in [2.05, 4.69) is 10.3 Å². The Kier molecular flexibility index (Phi) is 4.40. The summed E-state index contributed by atoms with van der Waals surface area (Å²) in [5.74, 6) is 0.281. The van der Waals surface area contributed by atoms with Crippen molar-refractivity contribution in [2.75, 3.05) is 11.1 Å². The van der Waals surface area contributed by atoms with Crippen molar-refractivity contribution in [1.82, 2.24) is 4.98 Å². The van der Waals surface area contributed by atoms with Crippen molar-refractivity contribution in [3.8, 4) is 0 Å². The normalized spacial score (nSPS) is 10.8. The fourth-order valence-corrected chi connectivity index (χ4v) is 3.75. The van der Waals surface area contributed by atoms with Gasteiger partial charge in [0, 0.05) is 4.90 Å². The van der Waals surface area contributed by atoms with Gasteiger partial charge in [-0.1, -0.05) is 36.5 Å². The number of hydrogen-bond donors (Lipinski definition) is 1. The van der Waals surface area contributed by atoms with Crippen LogP contribution in [0.5, 0.6) is 0 Å². The van der Waals surface area contributed by atoms with Crippen molar-refractivity contribution < 1.29 is 9.18 Å². The molecule has 0 saturated heterocycles. The summed E-state index contributed by atoms with van der Waals surface area (Å²) in [5.41, 5.74) is 0.896. The van der Waals surface area contributed by atoms with Gasteiger partial charge >= 0.3 is 0 Å². The Morgan fingerprint density at radius 2 is 2.09 bits per heavy atom. The summed E-state index contributed by atoms with van der Waals surface area (Å²) in [6.07, 6.45) is 0. The number of aromatic nitrogens is 1. The Hall–Kier alpha value is -1.92. The van der Waals surface area contributed by atoms with Crippen LogP contribution in [0, 0.1) is 5.82 Å². The van der Waals surface area contributed by atoms with Crippen LogP contribution < -0.4 is 5.32 Å². The smallest absolute Gasteiger partial charge is 0.258 e. The van der Waals surface area contributed by atoms with Crippen molar-refractivity contribution in [3.63, 3.8) is 0 Å². The minimum absolute atomic E-state index is 0.226. The maximum atomic E-state index is 13.7. The zero-order valence-electron chi connectivity index (χ0n) is 11.8. The van der Waals surface area contributed by atoms with Gasteiger partial charge in [-0.15, -0.1) is 11.8 Å². The first-order valence-corrected chi connectivity index (χ1v) is 8.57. The number of thioether (sulfide) groups is 1. The number of halogens is 1. The van der Waals surface area contributed by atoms with Gasteiger partial charge in [-0.05, 0) is 30.0 Å². The predicted molar refractivity (Wildman–Crippen MR) is 90.4 cm³/mol. The summed E-state index contributed by atoms with van der Waals surface area (Å²) in [5, 5.41) is 3.17. The molecule has 22 heavy (non-hydrogen) atoms. The Bertz CT molecular complexity index is 832. The Balaban J connectivity index is 1.88. The number of hydrogen-bond acceptors (Lipinski definition) is 4. The SMILES string of the molecule is CCSc1ccccc1C(=O)Nc1nc2c(F)cccc2s1. The summed E-state index contributed by atoms with van der Waals surface area (Å²) in [7, 11) is 0. The number of nitrogens with zero attached hydrogens (tertiary/aromatic N) is 1. The third-order valence-electron chi connectivity index (χ3n) is 3.02. The van der Waals surface area contributed by atoms with Gasteiger partial charge in [0.25, 0.3) is 5.91 Å². The molecule has 0 aliphatic rings. The van der Waals surface area contributed by atoms with E-state index in [9.17, 15) is 9.18 Å². The minimum atomic E-state index is -0.379. The van der Waals surface area contributed by atoms with Crippen LogP contribution in [0.25, 0.3) is 10.2 Å². The lowest BCUT2D eigenvalue weighted by molar-refractivity contribution is 0.102. The molecule has 3 nitrogen and oxygen atoms in total. The summed E-state index contributed by atoms with van der Waals surface area (Å²) >= 11 is 2.87. The van der Waals surface area contributed by atoms with Crippen molar-refractivity contribution >= 4 is 44.4 Å². The molecule has 6 heteroatoms. The Labute approximate surface area is 135 Å². The van der Waals surface area contributed by atoms with Crippen LogP contribution in [-0.2, 0) is 0 Å². The third kappa shape index (κ3) is 2.98. The molecule has 1 heterocycles. The van der Waals surface area contributed by atoms with E-state index in [1.807, 2.05) is 25.1 Å². The fourth-order valence-electron chi connectivity index (χ4n) is 2.07. The topological polar surface area (TPSA) is 42.0 Å². The standard InChI is InChI=1S/C16H13FN2OS2/c1-2-21-12-8-4-3-6-10(12)15(20)19-16-18-14-11(17)7-5-9-13(14)22-16/h3-9H,2H2,1H3,(H,18,19,20). The van der Waals surface area contributed by atoms with Crippen LogP contribution in [0.4, 0.5) is 9.52 Å². The van der Waals surface area contributed by atoms with Gasteiger partial charge < -0.3 is 0 Å². The van der Waals surface area contributed by atoms with E-state index in [0.717, 1.165) is 10.6 Å². The molecule has 3 aromatic rings. The van der Waals surface area contributed by atoms with Crippen LogP contribution in [0.2, 0.25) is 0 Å². The zero-order valence-corrected chi connectivity index (χ0v) is 13.4. The predicted octanol–water partition coefficient (Wildman–Crippen LogP) is 4.80. The van der Waals surface area contributed by atoms with Crippen LogP contribution in [0.3, 0.4) is 0 Å². The van der Waals surface area contributed by atoms with Gasteiger partial charge in [0.1, 0.15) is 11.3 Å². The molecule has 0 unspecified atom stereocenters. The number of fused-ring (bicyclic) bond motifs is 1. The number of amides is 1. The van der Waals surface area contributed by atoms with E-state index < -0.39 is 0 Å². The number of thiazole rings is 1. The van der Waals surface area contributed by atoms with Crippen molar-refractivity contribution in [1.29, 1.82) is 0 Å². The molecule has 1 amide bonds. The molecule has 3 rings (SSSR count). The number of benzene rings is 2. The van der Waals surface area contributed by atoms with Gasteiger partial charge in [-0.2, -0.15) is 0 Å². The Morgan fingerprint density at radius 1 is 1.27 bits per heavy atom. The third-order valence-corrected chi connectivity index (χ3v) is 4.91. The second-order valence-electron chi connectivity index (χ2n) is 4.49. The average Bonchev–Trinajstić information content (AvgIpc) is 2.92.